The van der Waals surface area contributed by atoms with Crippen LogP contribution in [-0.4, -0.2) is 47.9 Å². The zero-order chi connectivity index (χ0) is 15.8. The van der Waals surface area contributed by atoms with E-state index in [2.05, 4.69) is 12.2 Å². The van der Waals surface area contributed by atoms with E-state index in [0.29, 0.717) is 26.1 Å². The third-order valence-corrected chi connectivity index (χ3v) is 3.91. The first-order valence-electron chi connectivity index (χ1n) is 8.09. The fourth-order valence-electron chi connectivity index (χ4n) is 2.58. The van der Waals surface area contributed by atoms with Crippen molar-refractivity contribution in [2.45, 2.75) is 32.6 Å². The Morgan fingerprint density at radius 1 is 1.05 bits per heavy atom. The number of hydrogen-bond acceptors (Lipinski definition) is 2. The van der Waals surface area contributed by atoms with E-state index in [9.17, 15) is 9.59 Å². The molecule has 5 heteroatoms. The van der Waals surface area contributed by atoms with Crippen LogP contribution >= 0.6 is 0 Å². The molecule has 2 rings (SSSR count). The summed E-state index contributed by atoms with van der Waals surface area (Å²) >= 11 is 0. The number of nitrogens with zero attached hydrogens (tertiary/aromatic N) is 2. The molecule has 1 fully saturated rings. The molecule has 1 saturated heterocycles. The standard InChI is InChI=1S/C17H25N3O2/c1-2-3-10-16(21)19-11-7-12-20(14-13-19)17(22)18-15-8-5-4-6-9-15/h4-6,8-9H,2-3,7,10-14H2,1H3,(H,18,22). The number of para-hydroxylation sites is 1. The van der Waals surface area contributed by atoms with Crippen molar-refractivity contribution in [1.82, 2.24) is 9.80 Å². The van der Waals surface area contributed by atoms with Gasteiger partial charge >= 0.3 is 6.03 Å². The number of rotatable bonds is 4. The van der Waals surface area contributed by atoms with Crippen LogP contribution in [0.2, 0.25) is 0 Å². The summed E-state index contributed by atoms with van der Waals surface area (Å²) in [7, 11) is 0. The number of carbonyl (C=O) groups excluding carboxylic acids is 2. The van der Waals surface area contributed by atoms with Gasteiger partial charge in [0.05, 0.1) is 0 Å². The smallest absolute Gasteiger partial charge is 0.321 e. The quantitative estimate of drug-likeness (QED) is 0.929. The van der Waals surface area contributed by atoms with Gasteiger partial charge in [0.1, 0.15) is 0 Å². The molecule has 3 amide bonds. The summed E-state index contributed by atoms with van der Waals surface area (Å²) in [6.07, 6.45) is 3.42. The molecule has 120 valence electrons. The zero-order valence-corrected chi connectivity index (χ0v) is 13.3. The molecule has 0 unspecified atom stereocenters. The number of unbranched alkanes of at least 4 members (excludes halogenated alkanes) is 1. The van der Waals surface area contributed by atoms with Gasteiger partial charge in [0.25, 0.3) is 0 Å². The van der Waals surface area contributed by atoms with Crippen LogP contribution < -0.4 is 5.32 Å². The van der Waals surface area contributed by atoms with Crippen molar-refractivity contribution in [3.63, 3.8) is 0 Å². The largest absolute Gasteiger partial charge is 0.341 e. The minimum atomic E-state index is -0.0888. The zero-order valence-electron chi connectivity index (χ0n) is 13.3. The Morgan fingerprint density at radius 2 is 1.73 bits per heavy atom. The average molecular weight is 303 g/mol. The van der Waals surface area contributed by atoms with Gasteiger partial charge in [-0.15, -0.1) is 0 Å². The number of carbonyl (C=O) groups is 2. The summed E-state index contributed by atoms with van der Waals surface area (Å²) in [4.78, 5) is 28.1. The summed E-state index contributed by atoms with van der Waals surface area (Å²) in [5, 5.41) is 2.90. The van der Waals surface area contributed by atoms with Crippen molar-refractivity contribution in [3.05, 3.63) is 30.3 Å². The number of urea groups is 1. The van der Waals surface area contributed by atoms with Gasteiger partial charge in [0.2, 0.25) is 5.91 Å². The van der Waals surface area contributed by atoms with Crippen molar-refractivity contribution >= 4 is 17.6 Å². The summed E-state index contributed by atoms with van der Waals surface area (Å²) < 4.78 is 0. The Kier molecular flexibility index (Phi) is 6.25. The summed E-state index contributed by atoms with van der Waals surface area (Å²) in [6, 6.07) is 9.36. The van der Waals surface area contributed by atoms with E-state index in [0.717, 1.165) is 31.5 Å². The van der Waals surface area contributed by atoms with Crippen molar-refractivity contribution in [3.8, 4) is 0 Å². The van der Waals surface area contributed by atoms with E-state index >= 15 is 0 Å². The molecule has 0 spiro atoms. The second-order valence-electron chi connectivity index (χ2n) is 5.62. The maximum atomic E-state index is 12.3. The molecule has 1 aromatic carbocycles. The van der Waals surface area contributed by atoms with Crippen molar-refractivity contribution < 1.29 is 9.59 Å². The lowest BCUT2D eigenvalue weighted by Gasteiger charge is -2.22. The third-order valence-electron chi connectivity index (χ3n) is 3.91. The Balaban J connectivity index is 1.84. The molecule has 1 aliphatic rings. The second kappa shape index (κ2) is 8.41. The van der Waals surface area contributed by atoms with E-state index in [1.807, 2.05) is 35.2 Å². The molecule has 22 heavy (non-hydrogen) atoms. The van der Waals surface area contributed by atoms with E-state index in [1.165, 1.54) is 0 Å². The van der Waals surface area contributed by atoms with Crippen LogP contribution in [0.3, 0.4) is 0 Å². The predicted molar refractivity (Wildman–Crippen MR) is 87.8 cm³/mol. The average Bonchev–Trinajstić information content (AvgIpc) is 2.79. The Hall–Kier alpha value is -2.04. The molecular weight excluding hydrogens is 278 g/mol. The Bertz CT molecular complexity index is 490. The summed E-state index contributed by atoms with van der Waals surface area (Å²) in [5.41, 5.74) is 0.799. The number of nitrogens with one attached hydrogen (secondary N) is 1. The number of anilines is 1. The lowest BCUT2D eigenvalue weighted by Crippen LogP contribution is -2.39. The maximum Gasteiger partial charge on any atom is 0.321 e. The highest BCUT2D eigenvalue weighted by Crippen LogP contribution is 2.10. The topological polar surface area (TPSA) is 52.7 Å². The van der Waals surface area contributed by atoms with Gasteiger partial charge in [-0.2, -0.15) is 0 Å². The summed E-state index contributed by atoms with van der Waals surface area (Å²) in [5.74, 6) is 0.215. The van der Waals surface area contributed by atoms with Gasteiger partial charge in [0, 0.05) is 38.3 Å². The molecular formula is C17H25N3O2. The van der Waals surface area contributed by atoms with E-state index in [1.54, 1.807) is 4.90 Å². The first-order chi connectivity index (χ1) is 10.7. The van der Waals surface area contributed by atoms with Gasteiger partial charge in [-0.1, -0.05) is 31.5 Å². The van der Waals surface area contributed by atoms with E-state index < -0.39 is 0 Å². The highest BCUT2D eigenvalue weighted by molar-refractivity contribution is 5.89. The van der Waals surface area contributed by atoms with Crippen LogP contribution in [0.25, 0.3) is 0 Å². The van der Waals surface area contributed by atoms with Gasteiger partial charge in [-0.25, -0.2) is 4.79 Å². The van der Waals surface area contributed by atoms with Crippen LogP contribution in [0.15, 0.2) is 30.3 Å². The SMILES string of the molecule is CCCCC(=O)N1CCCN(C(=O)Nc2ccccc2)CC1. The van der Waals surface area contributed by atoms with Gasteiger partial charge < -0.3 is 15.1 Å². The molecule has 0 aliphatic carbocycles. The van der Waals surface area contributed by atoms with Crippen molar-refractivity contribution in [2.24, 2.45) is 0 Å². The lowest BCUT2D eigenvalue weighted by molar-refractivity contribution is -0.131. The minimum absolute atomic E-state index is 0.0888. The van der Waals surface area contributed by atoms with Gasteiger partial charge in [0.15, 0.2) is 0 Å². The molecule has 1 aliphatic heterocycles. The van der Waals surface area contributed by atoms with E-state index in [-0.39, 0.29) is 11.9 Å². The van der Waals surface area contributed by atoms with Crippen LogP contribution in [-0.2, 0) is 4.79 Å². The predicted octanol–water partition coefficient (Wildman–Crippen LogP) is 2.94. The van der Waals surface area contributed by atoms with Gasteiger partial charge in [-0.3, -0.25) is 4.79 Å². The Morgan fingerprint density at radius 3 is 2.45 bits per heavy atom. The molecule has 0 atom stereocenters. The molecule has 1 N–H and O–H groups in total. The molecule has 5 nitrogen and oxygen atoms in total. The molecule has 0 radical (unpaired) electrons. The molecule has 0 bridgehead atoms. The van der Waals surface area contributed by atoms with Crippen molar-refractivity contribution in [1.29, 1.82) is 0 Å². The molecule has 0 saturated carbocycles. The number of benzene rings is 1. The van der Waals surface area contributed by atoms with Crippen LogP contribution in [0.1, 0.15) is 32.6 Å². The second-order valence-corrected chi connectivity index (χ2v) is 5.62. The summed E-state index contributed by atoms with van der Waals surface area (Å²) in [6.45, 7) is 4.75. The molecule has 0 aromatic heterocycles. The first kappa shape index (κ1) is 16.3. The first-order valence-corrected chi connectivity index (χ1v) is 8.09. The monoisotopic (exact) mass is 303 g/mol. The molecule has 1 heterocycles. The highest BCUT2D eigenvalue weighted by Gasteiger charge is 2.21. The fraction of sp³-hybridized carbons (Fsp3) is 0.529. The normalized spacial score (nSPS) is 15.3. The number of amides is 3. The highest BCUT2D eigenvalue weighted by atomic mass is 16.2. The van der Waals surface area contributed by atoms with Crippen LogP contribution in [0.5, 0.6) is 0 Å². The van der Waals surface area contributed by atoms with Crippen LogP contribution in [0.4, 0.5) is 10.5 Å². The minimum Gasteiger partial charge on any atom is -0.341 e. The fourth-order valence-corrected chi connectivity index (χ4v) is 2.58. The lowest BCUT2D eigenvalue weighted by atomic mass is 10.2. The van der Waals surface area contributed by atoms with E-state index in [4.69, 9.17) is 0 Å². The van der Waals surface area contributed by atoms with Crippen molar-refractivity contribution in [2.75, 3.05) is 31.5 Å². The maximum absolute atomic E-state index is 12.3. The number of hydrogen-bond donors (Lipinski definition) is 1. The molecule has 1 aromatic rings. The van der Waals surface area contributed by atoms with Gasteiger partial charge in [-0.05, 0) is 25.0 Å². The van der Waals surface area contributed by atoms with Crippen LogP contribution in [0, 0.1) is 0 Å². The third kappa shape index (κ3) is 4.76. The Labute approximate surface area is 132 Å².